The molecule has 2 aromatic carbocycles. The van der Waals surface area contributed by atoms with Gasteiger partial charge in [0.05, 0.1) is 13.7 Å². The van der Waals surface area contributed by atoms with E-state index in [1.807, 2.05) is 30.3 Å². The number of pyridine rings is 1. The quantitative estimate of drug-likeness (QED) is 0.178. The van der Waals surface area contributed by atoms with Crippen LogP contribution in [0.4, 0.5) is 4.39 Å². The van der Waals surface area contributed by atoms with Crippen molar-refractivity contribution in [1.29, 1.82) is 0 Å². The Morgan fingerprint density at radius 1 is 1.00 bits per heavy atom. The van der Waals surface area contributed by atoms with Crippen LogP contribution in [0.3, 0.4) is 0 Å². The van der Waals surface area contributed by atoms with E-state index in [2.05, 4.69) is 20.6 Å². The maximum atomic E-state index is 13.2. The molecule has 0 radical (unpaired) electrons. The average Bonchev–Trinajstić information content (AvgIpc) is 2.80. The van der Waals surface area contributed by atoms with Crippen molar-refractivity contribution in [2.75, 3.05) is 27.3 Å². The number of nitrogens with one attached hydrogen (secondary N) is 2. The van der Waals surface area contributed by atoms with Gasteiger partial charge in [-0.1, -0.05) is 12.1 Å². The van der Waals surface area contributed by atoms with Crippen LogP contribution in [-0.2, 0) is 6.54 Å². The number of ether oxygens (including phenoxy) is 3. The van der Waals surface area contributed by atoms with Crippen LogP contribution in [0.5, 0.6) is 23.1 Å². The van der Waals surface area contributed by atoms with Crippen LogP contribution in [0.25, 0.3) is 0 Å². The van der Waals surface area contributed by atoms with E-state index in [0.29, 0.717) is 37.3 Å². The van der Waals surface area contributed by atoms with Crippen LogP contribution in [0, 0.1) is 5.82 Å². The summed E-state index contributed by atoms with van der Waals surface area (Å²) in [6, 6.07) is 17.0. The maximum absolute atomic E-state index is 13.2. The first-order chi connectivity index (χ1) is 15.2. The lowest BCUT2D eigenvalue weighted by molar-refractivity contribution is 0.321. The number of guanidine groups is 1. The standard InChI is InChI=1S/C23H25FN4O3.HI/c1-25-23(26-12-13-30-20-9-7-19(29-2)8-10-20)28-16-17-6-11-22(27-15-17)31-21-5-3-4-18(24)14-21;/h3-11,14-15H,12-13,16H2,1-2H3,(H2,25,26,28);1H. The van der Waals surface area contributed by atoms with Gasteiger partial charge in [0.25, 0.3) is 0 Å². The second kappa shape index (κ2) is 13.4. The zero-order valence-electron chi connectivity index (χ0n) is 17.9. The maximum Gasteiger partial charge on any atom is 0.219 e. The van der Waals surface area contributed by atoms with Crippen molar-refractivity contribution in [2.45, 2.75) is 6.54 Å². The van der Waals surface area contributed by atoms with Gasteiger partial charge in [-0.2, -0.15) is 0 Å². The van der Waals surface area contributed by atoms with Gasteiger partial charge < -0.3 is 24.8 Å². The van der Waals surface area contributed by atoms with Crippen LogP contribution in [0.1, 0.15) is 5.56 Å². The molecule has 0 aliphatic heterocycles. The minimum absolute atomic E-state index is 0. The van der Waals surface area contributed by atoms with Gasteiger partial charge in [0.15, 0.2) is 5.96 Å². The Hall–Kier alpha value is -3.08. The molecular weight excluding hydrogens is 526 g/mol. The molecule has 0 bridgehead atoms. The summed E-state index contributed by atoms with van der Waals surface area (Å²) in [6.07, 6.45) is 1.70. The molecule has 0 atom stereocenters. The molecule has 0 spiro atoms. The second-order valence-corrected chi connectivity index (χ2v) is 6.44. The third-order valence-electron chi connectivity index (χ3n) is 4.22. The summed E-state index contributed by atoms with van der Waals surface area (Å²) in [6.45, 7) is 1.61. The van der Waals surface area contributed by atoms with Crippen molar-refractivity contribution in [2.24, 2.45) is 4.99 Å². The summed E-state index contributed by atoms with van der Waals surface area (Å²) < 4.78 is 29.6. The number of hydrogen-bond acceptors (Lipinski definition) is 5. The fourth-order valence-corrected chi connectivity index (χ4v) is 2.64. The van der Waals surface area contributed by atoms with Gasteiger partial charge in [-0.3, -0.25) is 4.99 Å². The fourth-order valence-electron chi connectivity index (χ4n) is 2.64. The van der Waals surface area contributed by atoms with E-state index in [-0.39, 0.29) is 29.8 Å². The summed E-state index contributed by atoms with van der Waals surface area (Å²) in [5.41, 5.74) is 0.948. The highest BCUT2D eigenvalue weighted by Gasteiger charge is 2.03. The molecule has 7 nitrogen and oxygen atoms in total. The minimum atomic E-state index is -0.355. The lowest BCUT2D eigenvalue weighted by atomic mass is 10.3. The molecule has 1 aromatic heterocycles. The van der Waals surface area contributed by atoms with Crippen molar-refractivity contribution in [3.8, 4) is 23.1 Å². The monoisotopic (exact) mass is 552 g/mol. The Morgan fingerprint density at radius 2 is 1.78 bits per heavy atom. The zero-order valence-corrected chi connectivity index (χ0v) is 20.2. The summed E-state index contributed by atoms with van der Waals surface area (Å²) >= 11 is 0. The average molecular weight is 552 g/mol. The number of nitrogens with zero attached hydrogens (tertiary/aromatic N) is 2. The highest BCUT2D eigenvalue weighted by molar-refractivity contribution is 14.0. The van der Waals surface area contributed by atoms with E-state index < -0.39 is 0 Å². The number of aliphatic imine (C=N–C) groups is 1. The SMILES string of the molecule is CN=C(NCCOc1ccc(OC)cc1)NCc1ccc(Oc2cccc(F)c2)nc1.I. The molecule has 1 heterocycles. The molecule has 0 saturated heterocycles. The van der Waals surface area contributed by atoms with Crippen molar-refractivity contribution < 1.29 is 18.6 Å². The molecule has 3 aromatic rings. The minimum Gasteiger partial charge on any atom is -0.497 e. The first-order valence-corrected chi connectivity index (χ1v) is 9.76. The third kappa shape index (κ3) is 8.22. The summed E-state index contributed by atoms with van der Waals surface area (Å²) in [7, 11) is 3.33. The van der Waals surface area contributed by atoms with Gasteiger partial charge in [-0.15, -0.1) is 24.0 Å². The van der Waals surface area contributed by atoms with Crippen LogP contribution in [-0.4, -0.2) is 38.3 Å². The van der Waals surface area contributed by atoms with Crippen molar-refractivity contribution in [3.05, 3.63) is 78.2 Å². The fraction of sp³-hybridized carbons (Fsp3) is 0.217. The van der Waals surface area contributed by atoms with Gasteiger partial charge >= 0.3 is 0 Å². The highest BCUT2D eigenvalue weighted by atomic mass is 127. The molecule has 0 aliphatic carbocycles. The van der Waals surface area contributed by atoms with Gasteiger partial charge in [0.2, 0.25) is 5.88 Å². The molecule has 2 N–H and O–H groups in total. The smallest absolute Gasteiger partial charge is 0.219 e. The molecule has 0 saturated carbocycles. The Balaban J connectivity index is 0.00000363. The molecule has 0 aliphatic rings. The summed E-state index contributed by atoms with van der Waals surface area (Å²) in [4.78, 5) is 8.45. The number of methoxy groups -OCH3 is 1. The number of aromatic nitrogens is 1. The number of hydrogen-bond donors (Lipinski definition) is 2. The number of halogens is 2. The summed E-state index contributed by atoms with van der Waals surface area (Å²) in [5.74, 6) is 2.66. The molecule has 170 valence electrons. The van der Waals surface area contributed by atoms with E-state index in [1.54, 1.807) is 38.6 Å². The van der Waals surface area contributed by atoms with Crippen molar-refractivity contribution in [3.63, 3.8) is 0 Å². The largest absolute Gasteiger partial charge is 0.497 e. The van der Waals surface area contributed by atoms with Gasteiger partial charge in [0, 0.05) is 31.9 Å². The second-order valence-electron chi connectivity index (χ2n) is 6.44. The molecule has 0 unspecified atom stereocenters. The molecule has 3 rings (SSSR count). The van der Waals surface area contributed by atoms with Gasteiger partial charge in [0.1, 0.15) is 29.7 Å². The van der Waals surface area contributed by atoms with E-state index in [0.717, 1.165) is 17.1 Å². The predicted molar refractivity (Wildman–Crippen MR) is 133 cm³/mol. The van der Waals surface area contributed by atoms with Crippen molar-refractivity contribution in [1.82, 2.24) is 15.6 Å². The Morgan fingerprint density at radius 3 is 2.44 bits per heavy atom. The first-order valence-electron chi connectivity index (χ1n) is 9.76. The van der Waals surface area contributed by atoms with E-state index in [4.69, 9.17) is 14.2 Å². The predicted octanol–water partition coefficient (Wildman–Crippen LogP) is 4.38. The zero-order chi connectivity index (χ0) is 21.9. The Bertz CT molecular complexity index is 985. The Kier molecular flexibility index (Phi) is 10.5. The van der Waals surface area contributed by atoms with E-state index in [9.17, 15) is 4.39 Å². The molecule has 0 fully saturated rings. The van der Waals surface area contributed by atoms with Crippen LogP contribution in [0.15, 0.2) is 71.9 Å². The summed E-state index contributed by atoms with van der Waals surface area (Å²) in [5, 5.41) is 6.40. The lowest BCUT2D eigenvalue weighted by Crippen LogP contribution is -2.38. The number of rotatable bonds is 9. The van der Waals surface area contributed by atoms with Crippen molar-refractivity contribution >= 4 is 29.9 Å². The highest BCUT2D eigenvalue weighted by Crippen LogP contribution is 2.20. The normalized spacial score (nSPS) is 10.7. The van der Waals surface area contributed by atoms with E-state index in [1.165, 1.54) is 12.1 Å². The molecule has 9 heteroatoms. The third-order valence-corrected chi connectivity index (χ3v) is 4.22. The van der Waals surface area contributed by atoms with Crippen LogP contribution >= 0.6 is 24.0 Å². The molecule has 0 amide bonds. The lowest BCUT2D eigenvalue weighted by Gasteiger charge is -2.13. The molecule has 32 heavy (non-hydrogen) atoms. The Labute approximate surface area is 204 Å². The number of benzene rings is 2. The molecular formula is C23H26FIN4O3. The van der Waals surface area contributed by atoms with E-state index >= 15 is 0 Å². The van der Waals surface area contributed by atoms with Gasteiger partial charge in [-0.05, 0) is 42.0 Å². The topological polar surface area (TPSA) is 77.0 Å². The van der Waals surface area contributed by atoms with Crippen LogP contribution < -0.4 is 24.8 Å². The first kappa shape index (κ1) is 25.2. The van der Waals surface area contributed by atoms with Crippen LogP contribution in [0.2, 0.25) is 0 Å². The van der Waals surface area contributed by atoms with Gasteiger partial charge in [-0.25, -0.2) is 9.37 Å².